The maximum atomic E-state index is 12.7. The standard InChI is InChI=1S/C24H29ClN2O6/c25-23-18-14-17(26-33-16-21(30)27-11-7-5-8-12-27)10-6-3-1-2-4-9-13-32-24(31)22(18)19(28)15-20(23)29/h2,4,6,10,15,28-29H,1,3,5,7-9,11-14,16H2/b4-2-,10-6+,26-17?. The van der Waals surface area contributed by atoms with Gasteiger partial charge in [-0.05, 0) is 50.2 Å². The van der Waals surface area contributed by atoms with Gasteiger partial charge in [0.05, 0.1) is 17.3 Å². The number of nitrogens with zero attached hydrogens (tertiary/aromatic N) is 2. The lowest BCUT2D eigenvalue weighted by molar-refractivity contribution is -0.137. The van der Waals surface area contributed by atoms with Crippen LogP contribution in [-0.4, -0.2) is 59.0 Å². The van der Waals surface area contributed by atoms with Gasteiger partial charge in [0.1, 0.15) is 17.1 Å². The molecule has 1 saturated heterocycles. The number of amides is 1. The van der Waals surface area contributed by atoms with Crippen molar-refractivity contribution in [2.75, 3.05) is 26.3 Å². The number of aromatic hydroxyl groups is 2. The van der Waals surface area contributed by atoms with Crippen LogP contribution in [0.5, 0.6) is 11.5 Å². The van der Waals surface area contributed by atoms with E-state index in [0.29, 0.717) is 12.1 Å². The normalized spacial score (nSPS) is 20.9. The van der Waals surface area contributed by atoms with Gasteiger partial charge in [-0.2, -0.15) is 0 Å². The second-order valence-electron chi connectivity index (χ2n) is 7.93. The summed E-state index contributed by atoms with van der Waals surface area (Å²) in [7, 11) is 0. The van der Waals surface area contributed by atoms with Crippen molar-refractivity contribution in [3.8, 4) is 11.5 Å². The van der Waals surface area contributed by atoms with Crippen molar-refractivity contribution < 1.29 is 29.4 Å². The van der Waals surface area contributed by atoms with Gasteiger partial charge in [0.25, 0.3) is 5.91 Å². The van der Waals surface area contributed by atoms with Crippen molar-refractivity contribution in [3.63, 3.8) is 0 Å². The maximum absolute atomic E-state index is 12.7. The van der Waals surface area contributed by atoms with E-state index in [1.807, 2.05) is 18.2 Å². The Morgan fingerprint density at radius 3 is 2.61 bits per heavy atom. The van der Waals surface area contributed by atoms with E-state index in [-0.39, 0.29) is 47.4 Å². The highest BCUT2D eigenvalue weighted by Crippen LogP contribution is 2.37. The molecule has 2 N–H and O–H groups in total. The number of hydrogen-bond donors (Lipinski definition) is 2. The Labute approximate surface area is 198 Å². The molecule has 0 unspecified atom stereocenters. The van der Waals surface area contributed by atoms with Gasteiger partial charge < -0.3 is 24.7 Å². The van der Waals surface area contributed by atoms with Crippen molar-refractivity contribution in [2.24, 2.45) is 5.16 Å². The zero-order valence-electron chi connectivity index (χ0n) is 18.5. The smallest absolute Gasteiger partial charge is 0.342 e. The molecular formula is C24H29ClN2O6. The Balaban J connectivity index is 1.86. The number of carbonyl (C=O) groups is 2. The number of piperidine rings is 1. The number of ether oxygens (including phenoxy) is 1. The molecule has 1 fully saturated rings. The van der Waals surface area contributed by atoms with E-state index in [0.717, 1.165) is 51.3 Å². The minimum absolute atomic E-state index is 0.0184. The zero-order chi connectivity index (χ0) is 23.6. The average Bonchev–Trinajstić information content (AvgIpc) is 2.80. The quantitative estimate of drug-likeness (QED) is 0.385. The molecule has 2 heterocycles. The van der Waals surface area contributed by atoms with Crippen LogP contribution < -0.4 is 0 Å². The summed E-state index contributed by atoms with van der Waals surface area (Å²) in [5.41, 5.74) is 0.411. The summed E-state index contributed by atoms with van der Waals surface area (Å²) in [6.07, 6.45) is 12.7. The summed E-state index contributed by atoms with van der Waals surface area (Å²) in [4.78, 5) is 32.1. The van der Waals surface area contributed by atoms with Crippen molar-refractivity contribution in [1.29, 1.82) is 0 Å². The number of carbonyl (C=O) groups excluding carboxylic acids is 2. The first kappa shape index (κ1) is 24.6. The van der Waals surface area contributed by atoms with E-state index in [1.165, 1.54) is 0 Å². The number of esters is 1. The van der Waals surface area contributed by atoms with Crippen LogP contribution in [0.15, 0.2) is 35.5 Å². The van der Waals surface area contributed by atoms with Crippen LogP contribution in [0.4, 0.5) is 0 Å². The molecule has 0 aromatic heterocycles. The molecule has 0 radical (unpaired) electrons. The van der Waals surface area contributed by atoms with Gasteiger partial charge in [-0.15, -0.1) is 0 Å². The van der Waals surface area contributed by atoms with E-state index in [1.54, 1.807) is 11.0 Å². The van der Waals surface area contributed by atoms with Crippen LogP contribution in [0, 0.1) is 0 Å². The molecule has 0 spiro atoms. The molecule has 9 heteroatoms. The van der Waals surface area contributed by atoms with Gasteiger partial charge in [0, 0.05) is 25.6 Å². The van der Waals surface area contributed by atoms with Crippen LogP contribution in [0.3, 0.4) is 0 Å². The molecule has 3 rings (SSSR count). The largest absolute Gasteiger partial charge is 0.507 e. The molecule has 8 nitrogen and oxygen atoms in total. The molecule has 2 aliphatic heterocycles. The summed E-state index contributed by atoms with van der Waals surface area (Å²) >= 11 is 6.29. The summed E-state index contributed by atoms with van der Waals surface area (Å²) in [6, 6.07) is 1.01. The number of phenolic OH excluding ortho intramolecular Hbond substituents is 2. The van der Waals surface area contributed by atoms with Crippen molar-refractivity contribution in [2.45, 2.75) is 44.9 Å². The van der Waals surface area contributed by atoms with Crippen molar-refractivity contribution in [3.05, 3.63) is 46.5 Å². The predicted octanol–water partition coefficient (Wildman–Crippen LogP) is 4.13. The van der Waals surface area contributed by atoms with E-state index in [4.69, 9.17) is 21.2 Å². The minimum Gasteiger partial charge on any atom is -0.507 e. The number of halogens is 1. The van der Waals surface area contributed by atoms with Crippen LogP contribution >= 0.6 is 11.6 Å². The number of oxime groups is 1. The first-order chi connectivity index (χ1) is 16.0. The number of rotatable bonds is 3. The molecule has 0 saturated carbocycles. The highest BCUT2D eigenvalue weighted by molar-refractivity contribution is 6.33. The Hall–Kier alpha value is -3.00. The lowest BCUT2D eigenvalue weighted by Gasteiger charge is -2.26. The second kappa shape index (κ2) is 12.3. The topological polar surface area (TPSA) is 109 Å². The van der Waals surface area contributed by atoms with Crippen LogP contribution in [0.2, 0.25) is 5.02 Å². The van der Waals surface area contributed by atoms with Gasteiger partial charge >= 0.3 is 5.97 Å². The molecular weight excluding hydrogens is 448 g/mol. The Kier molecular flexibility index (Phi) is 9.18. The molecule has 0 atom stereocenters. The Morgan fingerprint density at radius 2 is 1.82 bits per heavy atom. The third kappa shape index (κ3) is 6.99. The molecule has 0 bridgehead atoms. The SMILES string of the molecule is O=C1OCC/C=C\CC/C=C/C(=NOCC(=O)N2CCCCC2)Cc2c(Cl)c(O)cc(O)c21. The first-order valence-corrected chi connectivity index (χ1v) is 11.5. The number of fused-ring (bicyclic) bond motifs is 1. The van der Waals surface area contributed by atoms with Crippen LogP contribution in [-0.2, 0) is 20.8 Å². The lowest BCUT2D eigenvalue weighted by Crippen LogP contribution is -2.37. The number of benzene rings is 1. The molecule has 0 aliphatic carbocycles. The van der Waals surface area contributed by atoms with E-state index >= 15 is 0 Å². The fraction of sp³-hybridized carbons (Fsp3) is 0.458. The lowest BCUT2D eigenvalue weighted by atomic mass is 9.99. The molecule has 1 aromatic carbocycles. The molecule has 33 heavy (non-hydrogen) atoms. The van der Waals surface area contributed by atoms with Gasteiger partial charge in [-0.1, -0.05) is 35.0 Å². The van der Waals surface area contributed by atoms with Crippen molar-refractivity contribution in [1.82, 2.24) is 4.90 Å². The predicted molar refractivity (Wildman–Crippen MR) is 125 cm³/mol. The summed E-state index contributed by atoms with van der Waals surface area (Å²) < 4.78 is 5.27. The maximum Gasteiger partial charge on any atom is 0.342 e. The molecule has 2 aliphatic rings. The Bertz CT molecular complexity index is 951. The van der Waals surface area contributed by atoms with E-state index in [9.17, 15) is 19.8 Å². The number of phenols is 2. The van der Waals surface area contributed by atoms with Gasteiger partial charge in [0.2, 0.25) is 0 Å². The fourth-order valence-electron chi connectivity index (χ4n) is 3.72. The number of cyclic esters (lactones) is 1. The van der Waals surface area contributed by atoms with Gasteiger partial charge in [0.15, 0.2) is 6.61 Å². The van der Waals surface area contributed by atoms with Gasteiger partial charge in [-0.3, -0.25) is 4.79 Å². The van der Waals surface area contributed by atoms with Crippen LogP contribution in [0.25, 0.3) is 0 Å². The van der Waals surface area contributed by atoms with Crippen LogP contribution in [0.1, 0.15) is 54.4 Å². The van der Waals surface area contributed by atoms with Gasteiger partial charge in [-0.25, -0.2) is 4.79 Å². The number of hydrogen-bond acceptors (Lipinski definition) is 7. The molecule has 1 amide bonds. The monoisotopic (exact) mass is 476 g/mol. The number of allylic oxidation sites excluding steroid dienone is 3. The molecule has 1 aromatic rings. The van der Waals surface area contributed by atoms with E-state index in [2.05, 4.69) is 5.16 Å². The average molecular weight is 477 g/mol. The highest BCUT2D eigenvalue weighted by atomic mass is 35.5. The minimum atomic E-state index is -0.751. The number of likely N-dealkylation sites (tertiary alicyclic amines) is 1. The first-order valence-electron chi connectivity index (χ1n) is 11.2. The zero-order valence-corrected chi connectivity index (χ0v) is 19.2. The third-order valence-electron chi connectivity index (χ3n) is 5.46. The summed E-state index contributed by atoms with van der Waals surface area (Å²) in [5, 5.41) is 24.5. The van der Waals surface area contributed by atoms with Crippen molar-refractivity contribution >= 4 is 29.2 Å². The Morgan fingerprint density at radius 1 is 1.09 bits per heavy atom. The summed E-state index contributed by atoms with van der Waals surface area (Å²) in [6.45, 7) is 1.38. The third-order valence-corrected chi connectivity index (χ3v) is 5.88. The summed E-state index contributed by atoms with van der Waals surface area (Å²) in [5.74, 6) is -1.69. The second-order valence-corrected chi connectivity index (χ2v) is 8.31. The fourth-order valence-corrected chi connectivity index (χ4v) is 3.94. The molecule has 178 valence electrons. The highest BCUT2D eigenvalue weighted by Gasteiger charge is 2.24. The van der Waals surface area contributed by atoms with E-state index < -0.39 is 11.7 Å².